The highest BCUT2D eigenvalue weighted by molar-refractivity contribution is 6.35. The van der Waals surface area contributed by atoms with Crippen LogP contribution in [0.15, 0.2) is 36.4 Å². The van der Waals surface area contributed by atoms with E-state index in [1.165, 1.54) is 25.3 Å². The van der Waals surface area contributed by atoms with Crippen LogP contribution in [0.3, 0.4) is 0 Å². The maximum atomic E-state index is 15.3. The van der Waals surface area contributed by atoms with Crippen molar-refractivity contribution in [3.8, 4) is 5.75 Å². The van der Waals surface area contributed by atoms with Gasteiger partial charge in [-0.15, -0.1) is 0 Å². The molecule has 4 fully saturated rings. The Kier molecular flexibility index (Phi) is 16.9. The Hall–Kier alpha value is -2.82. The number of carbonyl (C=O) groups excluding carboxylic acids is 3. The molecule has 6 rings (SSSR count). The molecule has 0 saturated carbocycles. The number of hydrogen-bond acceptors (Lipinski definition) is 9. The fraction of sp³-hybridized carbons (Fsp3) is 0.651. The van der Waals surface area contributed by atoms with Gasteiger partial charge in [0, 0.05) is 65.3 Å². The van der Waals surface area contributed by atoms with E-state index >= 15 is 8.78 Å². The number of benzene rings is 2. The van der Waals surface area contributed by atoms with Crippen LogP contribution in [0, 0.1) is 5.92 Å². The predicted octanol–water partition coefficient (Wildman–Crippen LogP) is 6.57. The molecule has 17 heteroatoms. The number of likely N-dealkylation sites (tertiary alicyclic amines) is 2. The van der Waals surface area contributed by atoms with Gasteiger partial charge >= 0.3 is 0 Å². The minimum absolute atomic E-state index is 0.0349. The van der Waals surface area contributed by atoms with E-state index in [9.17, 15) is 19.5 Å². The van der Waals surface area contributed by atoms with Crippen LogP contribution in [0.1, 0.15) is 86.9 Å². The first-order chi connectivity index (χ1) is 28.2. The van der Waals surface area contributed by atoms with Crippen LogP contribution < -0.4 is 15.4 Å². The molecule has 2 unspecified atom stereocenters. The first kappa shape index (κ1) is 48.2. The van der Waals surface area contributed by atoms with Gasteiger partial charge in [0.1, 0.15) is 17.1 Å². The van der Waals surface area contributed by atoms with E-state index in [1.54, 1.807) is 18.2 Å². The molecule has 334 valence electrons. The number of morpholine rings is 1. The number of methoxy groups -OCH3 is 1. The van der Waals surface area contributed by atoms with Gasteiger partial charge in [-0.2, -0.15) is 0 Å². The summed E-state index contributed by atoms with van der Waals surface area (Å²) < 4.78 is 46.6. The molecular formula is C43H60Cl3F2N5O7. The molecule has 12 nitrogen and oxygen atoms in total. The number of aliphatic hydroxyl groups excluding tert-OH is 1. The van der Waals surface area contributed by atoms with Crippen molar-refractivity contribution in [2.45, 2.75) is 102 Å². The van der Waals surface area contributed by atoms with E-state index in [-0.39, 0.29) is 62.0 Å². The fourth-order valence-corrected chi connectivity index (χ4v) is 9.33. The largest absolute Gasteiger partial charge is 0.497 e. The molecule has 4 aliphatic heterocycles. The number of ether oxygens (including phenoxy) is 3. The molecule has 0 aliphatic carbocycles. The van der Waals surface area contributed by atoms with Gasteiger partial charge in [-0.3, -0.25) is 19.3 Å². The van der Waals surface area contributed by atoms with E-state index < -0.39 is 23.5 Å². The lowest BCUT2D eigenvalue weighted by molar-refractivity contribution is -0.215. The van der Waals surface area contributed by atoms with Crippen molar-refractivity contribution >= 4 is 52.5 Å². The topological polar surface area (TPSA) is 133 Å². The van der Waals surface area contributed by atoms with E-state index in [4.69, 9.17) is 49.0 Å². The Morgan fingerprint density at radius 2 is 1.28 bits per heavy atom. The number of rotatable bonds is 11. The summed E-state index contributed by atoms with van der Waals surface area (Å²) in [5.41, 5.74) is -2.62. The van der Waals surface area contributed by atoms with Gasteiger partial charge < -0.3 is 39.8 Å². The molecule has 3 amide bonds. The fourth-order valence-electron chi connectivity index (χ4n) is 8.58. The van der Waals surface area contributed by atoms with Crippen LogP contribution in [0.4, 0.5) is 8.78 Å². The molecule has 0 spiro atoms. The summed E-state index contributed by atoms with van der Waals surface area (Å²) in [5.74, 6) is 0.0681. The molecule has 4 heterocycles. The average molecular weight is 903 g/mol. The number of hydrogen-bond donors (Lipinski definition) is 3. The third-order valence-corrected chi connectivity index (χ3v) is 12.4. The van der Waals surface area contributed by atoms with Crippen molar-refractivity contribution in [3.63, 3.8) is 0 Å². The Morgan fingerprint density at radius 1 is 0.800 bits per heavy atom. The zero-order valence-electron chi connectivity index (χ0n) is 35.2. The lowest BCUT2D eigenvalue weighted by atomic mass is 9.86. The van der Waals surface area contributed by atoms with Gasteiger partial charge in [-0.25, -0.2) is 8.78 Å². The molecule has 2 aromatic carbocycles. The van der Waals surface area contributed by atoms with Crippen LogP contribution in [0.25, 0.3) is 0 Å². The minimum Gasteiger partial charge on any atom is -0.497 e. The van der Waals surface area contributed by atoms with Crippen LogP contribution >= 0.6 is 34.8 Å². The highest BCUT2D eigenvalue weighted by atomic mass is 35.5. The summed E-state index contributed by atoms with van der Waals surface area (Å²) in [5, 5.41) is 16.4. The van der Waals surface area contributed by atoms with Crippen molar-refractivity contribution in [1.29, 1.82) is 0 Å². The van der Waals surface area contributed by atoms with Gasteiger partial charge in [0.05, 0.1) is 57.6 Å². The lowest BCUT2D eigenvalue weighted by Gasteiger charge is -2.42. The maximum Gasteiger partial charge on any atom is 0.251 e. The van der Waals surface area contributed by atoms with Crippen LogP contribution in [-0.4, -0.2) is 146 Å². The first-order valence-corrected chi connectivity index (χ1v) is 21.8. The van der Waals surface area contributed by atoms with Crippen molar-refractivity contribution in [2.24, 2.45) is 5.92 Å². The van der Waals surface area contributed by atoms with E-state index in [1.807, 2.05) is 37.5 Å². The maximum absolute atomic E-state index is 15.3. The van der Waals surface area contributed by atoms with Gasteiger partial charge in [-0.1, -0.05) is 34.8 Å². The number of nitrogens with one attached hydrogen (secondary N) is 2. The number of carbonyl (C=O) groups is 3. The van der Waals surface area contributed by atoms with Gasteiger partial charge in [0.15, 0.2) is 6.29 Å². The first-order valence-electron chi connectivity index (χ1n) is 20.7. The number of nitrogens with zero attached hydrogens (tertiary/aromatic N) is 3. The molecule has 60 heavy (non-hydrogen) atoms. The predicted molar refractivity (Wildman–Crippen MR) is 229 cm³/mol. The Labute approximate surface area is 367 Å². The van der Waals surface area contributed by atoms with Gasteiger partial charge in [-0.05, 0) is 102 Å². The normalized spacial score (nSPS) is 25.4. The third kappa shape index (κ3) is 14.1. The van der Waals surface area contributed by atoms with Crippen molar-refractivity contribution in [2.75, 3.05) is 72.7 Å². The molecule has 0 radical (unpaired) electrons. The number of halogens is 5. The summed E-state index contributed by atoms with van der Waals surface area (Å²) in [6.45, 7) is 12.2. The quantitative estimate of drug-likeness (QED) is 0.229. The van der Waals surface area contributed by atoms with Crippen molar-refractivity contribution in [1.82, 2.24) is 25.3 Å². The van der Waals surface area contributed by atoms with Gasteiger partial charge in [0.25, 0.3) is 11.8 Å². The standard InChI is InChI=1S/C22H31ClFN3O4.C21H29Cl2FN2O3/c1-15-12-31-13-16(2)27(15)20(28)11-26-6-4-22(24,5-7-26)14-25-21(29)17-8-18(23)10-19(9-17)30-3;1-20(2)11-14(7-18(27)29-20)12-26-5-3-21(24,4-6-26)13-25-19(28)15-8-16(22)10-17(23)9-15/h8-10,15-16H,4-7,11-14H2,1-3H3,(H,25,29);8-10,14,18,27H,3-7,11-13H2,1-2H3,(H,25,28)/t15-,16-;/m1./s1. The average Bonchev–Trinajstić information content (AvgIpc) is 3.17. The SMILES string of the molecule is CC1(C)CC(CN2CCC(F)(CNC(=O)c3cc(Cl)cc(Cl)c3)CC2)CC(O)O1.COc1cc(Cl)cc(C(=O)NCC2(F)CCN(CC(=O)N3[C@H](C)COC[C@H]3C)CC2)c1. The zero-order chi connectivity index (χ0) is 43.8. The summed E-state index contributed by atoms with van der Waals surface area (Å²) in [6.07, 6.45) is 1.99. The molecule has 2 aromatic rings. The monoisotopic (exact) mass is 901 g/mol. The van der Waals surface area contributed by atoms with E-state index in [2.05, 4.69) is 15.5 Å². The Bertz CT molecular complexity index is 1760. The molecule has 4 aliphatic rings. The third-order valence-electron chi connectivity index (χ3n) is 11.7. The van der Waals surface area contributed by atoms with Crippen LogP contribution in [-0.2, 0) is 14.3 Å². The van der Waals surface area contributed by atoms with Crippen molar-refractivity contribution < 1.29 is 42.5 Å². The minimum atomic E-state index is -1.50. The van der Waals surface area contributed by atoms with Crippen LogP contribution in [0.5, 0.6) is 5.75 Å². The summed E-state index contributed by atoms with van der Waals surface area (Å²) >= 11 is 17.9. The molecule has 0 bridgehead atoms. The second-order valence-electron chi connectivity index (χ2n) is 17.5. The summed E-state index contributed by atoms with van der Waals surface area (Å²) in [4.78, 5) is 43.6. The summed E-state index contributed by atoms with van der Waals surface area (Å²) in [6, 6.07) is 9.35. The number of amides is 3. The number of alkyl halides is 2. The second kappa shape index (κ2) is 21.0. The molecule has 3 N–H and O–H groups in total. The van der Waals surface area contributed by atoms with Crippen molar-refractivity contribution in [3.05, 3.63) is 62.6 Å². The zero-order valence-corrected chi connectivity index (χ0v) is 37.5. The highest BCUT2D eigenvalue weighted by Gasteiger charge is 2.39. The van der Waals surface area contributed by atoms with Crippen LogP contribution in [0.2, 0.25) is 15.1 Å². The summed E-state index contributed by atoms with van der Waals surface area (Å²) in [7, 11) is 1.49. The lowest BCUT2D eigenvalue weighted by Crippen LogP contribution is -2.56. The van der Waals surface area contributed by atoms with E-state index in [0.29, 0.717) is 96.5 Å². The number of aliphatic hydroxyl groups is 1. The molecule has 4 atom stereocenters. The molecule has 4 saturated heterocycles. The second-order valence-corrected chi connectivity index (χ2v) is 18.8. The molecule has 0 aromatic heterocycles. The van der Waals surface area contributed by atoms with Gasteiger partial charge in [0.2, 0.25) is 5.91 Å². The van der Waals surface area contributed by atoms with E-state index in [0.717, 1.165) is 13.0 Å². The smallest absolute Gasteiger partial charge is 0.251 e. The molecular weight excluding hydrogens is 843 g/mol. The number of piperidine rings is 2. The Balaban J connectivity index is 0.000000228. The highest BCUT2D eigenvalue weighted by Crippen LogP contribution is 2.34. The Morgan fingerprint density at radius 3 is 1.78 bits per heavy atom.